The first-order chi connectivity index (χ1) is 17.4. The molecular formula is C30H39F2N3O2. The number of benzene rings is 2. The molecule has 0 aliphatic carbocycles. The van der Waals surface area contributed by atoms with Crippen LogP contribution in [0.1, 0.15) is 64.5 Å². The van der Waals surface area contributed by atoms with E-state index in [0.717, 1.165) is 28.3 Å². The molecule has 0 spiro atoms. The highest BCUT2D eigenvalue weighted by Gasteiger charge is 2.43. The Bertz CT molecular complexity index is 1180. The zero-order chi connectivity index (χ0) is 27.5. The summed E-state index contributed by atoms with van der Waals surface area (Å²) >= 11 is 0. The fourth-order valence-electron chi connectivity index (χ4n) is 4.86. The summed E-state index contributed by atoms with van der Waals surface area (Å²) < 4.78 is 27.7. The van der Waals surface area contributed by atoms with Gasteiger partial charge in [-0.3, -0.25) is 4.79 Å². The first kappa shape index (κ1) is 28.5. The average molecular weight is 512 g/mol. The lowest BCUT2D eigenvalue weighted by Crippen LogP contribution is -2.55. The largest absolute Gasteiger partial charge is 0.396 e. The maximum atomic E-state index is 13.4. The predicted molar refractivity (Wildman–Crippen MR) is 143 cm³/mol. The number of aliphatic hydroxyl groups is 1. The molecule has 0 radical (unpaired) electrons. The molecule has 1 unspecified atom stereocenters. The van der Waals surface area contributed by atoms with Crippen LogP contribution in [0, 0.1) is 30.4 Å². The van der Waals surface area contributed by atoms with Crippen LogP contribution in [0.4, 0.5) is 8.78 Å². The molecule has 37 heavy (non-hydrogen) atoms. The van der Waals surface area contributed by atoms with Crippen LogP contribution in [-0.2, 0) is 16.9 Å². The second-order valence-corrected chi connectivity index (χ2v) is 10.9. The number of halogens is 2. The van der Waals surface area contributed by atoms with Crippen molar-refractivity contribution in [1.29, 1.82) is 0 Å². The fourth-order valence-corrected chi connectivity index (χ4v) is 4.86. The van der Waals surface area contributed by atoms with E-state index >= 15 is 0 Å². The summed E-state index contributed by atoms with van der Waals surface area (Å²) in [5.74, 6) is 0.232. The molecule has 1 aliphatic heterocycles. The monoisotopic (exact) mass is 511 g/mol. The normalized spacial score (nSPS) is 15.3. The topological polar surface area (TPSA) is 58.4 Å². The molecular weight excluding hydrogens is 472 g/mol. The Balaban J connectivity index is 0.000000405. The molecule has 1 aliphatic rings. The number of hydrogen-bond acceptors (Lipinski definition) is 3. The van der Waals surface area contributed by atoms with Gasteiger partial charge in [-0.2, -0.15) is 0 Å². The van der Waals surface area contributed by atoms with Gasteiger partial charge in [0.25, 0.3) is 0 Å². The van der Waals surface area contributed by atoms with Gasteiger partial charge in [-0.15, -0.1) is 0 Å². The van der Waals surface area contributed by atoms with E-state index in [-0.39, 0.29) is 36.0 Å². The third-order valence-electron chi connectivity index (χ3n) is 7.04. The van der Waals surface area contributed by atoms with Crippen molar-refractivity contribution in [2.75, 3.05) is 13.2 Å². The third-order valence-corrected chi connectivity index (χ3v) is 7.04. The van der Waals surface area contributed by atoms with Gasteiger partial charge in [0.05, 0.1) is 23.8 Å². The maximum absolute atomic E-state index is 13.4. The highest BCUT2D eigenvalue weighted by molar-refractivity contribution is 5.80. The molecule has 200 valence electrons. The number of fused-ring (bicyclic) bond motifs is 1. The molecule has 1 N–H and O–H groups in total. The van der Waals surface area contributed by atoms with Gasteiger partial charge in [0.15, 0.2) is 0 Å². The molecule has 4 rings (SSSR count). The van der Waals surface area contributed by atoms with Crippen molar-refractivity contribution in [3.63, 3.8) is 0 Å². The van der Waals surface area contributed by atoms with Crippen molar-refractivity contribution >= 4 is 5.91 Å². The van der Waals surface area contributed by atoms with Crippen LogP contribution < -0.4 is 0 Å². The van der Waals surface area contributed by atoms with Crippen LogP contribution in [-0.4, -0.2) is 38.6 Å². The minimum Gasteiger partial charge on any atom is -0.396 e. The number of aryl methyl sites for hydroxylation is 1. The van der Waals surface area contributed by atoms with Crippen molar-refractivity contribution in [3.05, 3.63) is 77.2 Å². The lowest BCUT2D eigenvalue weighted by molar-refractivity contribution is -0.146. The Morgan fingerprint density at radius 1 is 0.973 bits per heavy atom. The summed E-state index contributed by atoms with van der Waals surface area (Å²) in [6.07, 6.45) is 0. The summed E-state index contributed by atoms with van der Waals surface area (Å²) in [6, 6.07) is 12.8. The number of carbonyl (C=O) groups excluding carboxylic acids is 1. The van der Waals surface area contributed by atoms with Gasteiger partial charge in [-0.1, -0.05) is 45.4 Å². The van der Waals surface area contributed by atoms with Crippen molar-refractivity contribution in [1.82, 2.24) is 14.5 Å². The molecule has 1 aromatic heterocycles. The molecule has 1 amide bonds. The van der Waals surface area contributed by atoms with Crippen LogP contribution in [0.25, 0.3) is 11.3 Å². The summed E-state index contributed by atoms with van der Waals surface area (Å²) in [5, 5.41) is 9.76. The fraction of sp³-hybridized carbons (Fsp3) is 0.467. The Hall–Kier alpha value is -3.06. The highest BCUT2D eigenvalue weighted by Crippen LogP contribution is 2.39. The SMILES string of the molecule is CC(C)c1c(-c2ccc(F)cc2)nc2n1CCN(C(=O)C(CO)C(C)C)C2(C)C.Cc1ccc(F)cc1. The Kier molecular flexibility index (Phi) is 8.90. The molecule has 1 atom stereocenters. The summed E-state index contributed by atoms with van der Waals surface area (Å²) in [7, 11) is 0. The minimum atomic E-state index is -0.612. The smallest absolute Gasteiger partial charge is 0.229 e. The van der Waals surface area contributed by atoms with E-state index in [1.807, 2.05) is 39.5 Å². The van der Waals surface area contributed by atoms with Crippen LogP contribution in [0.2, 0.25) is 0 Å². The van der Waals surface area contributed by atoms with E-state index in [9.17, 15) is 18.7 Å². The van der Waals surface area contributed by atoms with Crippen LogP contribution in [0.3, 0.4) is 0 Å². The van der Waals surface area contributed by atoms with E-state index in [0.29, 0.717) is 13.1 Å². The molecule has 0 fully saturated rings. The zero-order valence-electron chi connectivity index (χ0n) is 22.9. The molecule has 7 heteroatoms. The van der Waals surface area contributed by atoms with Gasteiger partial charge in [0, 0.05) is 24.3 Å². The van der Waals surface area contributed by atoms with E-state index in [4.69, 9.17) is 4.98 Å². The van der Waals surface area contributed by atoms with Crippen LogP contribution >= 0.6 is 0 Å². The number of amides is 1. The van der Waals surface area contributed by atoms with E-state index in [1.54, 1.807) is 24.3 Å². The van der Waals surface area contributed by atoms with Crippen molar-refractivity contribution in [2.45, 2.75) is 66.5 Å². The van der Waals surface area contributed by atoms with Gasteiger partial charge in [0.2, 0.25) is 5.91 Å². The molecule has 3 aromatic rings. The first-order valence-corrected chi connectivity index (χ1v) is 12.9. The molecule has 5 nitrogen and oxygen atoms in total. The standard InChI is InChI=1S/C23H32FN3O2.C7H7F/c1-14(2)18(13-28)21(29)27-12-11-26-20(15(3)4)19(25-22(26)23(27,5)6)16-7-9-17(24)10-8-16;1-6-2-4-7(8)5-3-6/h7-10,14-15,18,28H,11-13H2,1-6H3;2-5H,1H3. The van der Waals surface area contributed by atoms with E-state index in [1.165, 1.54) is 24.3 Å². The molecule has 0 saturated heterocycles. The van der Waals surface area contributed by atoms with Crippen LogP contribution in [0.15, 0.2) is 48.5 Å². The highest BCUT2D eigenvalue weighted by atomic mass is 19.1. The van der Waals surface area contributed by atoms with Gasteiger partial charge in [-0.05, 0) is 69.0 Å². The predicted octanol–water partition coefficient (Wildman–Crippen LogP) is 6.29. The Labute approximate surface area is 219 Å². The number of hydrogen-bond donors (Lipinski definition) is 1. The lowest BCUT2D eigenvalue weighted by atomic mass is 9.91. The van der Waals surface area contributed by atoms with Crippen molar-refractivity contribution in [2.24, 2.45) is 11.8 Å². The minimum absolute atomic E-state index is 0.0313. The van der Waals surface area contributed by atoms with Crippen molar-refractivity contribution < 1.29 is 18.7 Å². The number of carbonyl (C=O) groups is 1. The molecule has 0 bridgehead atoms. The van der Waals surface area contributed by atoms with Gasteiger partial charge in [-0.25, -0.2) is 13.8 Å². The Morgan fingerprint density at radius 3 is 1.97 bits per heavy atom. The summed E-state index contributed by atoms with van der Waals surface area (Å²) in [5.41, 5.74) is 3.31. The maximum Gasteiger partial charge on any atom is 0.229 e. The molecule has 2 aromatic carbocycles. The molecule has 2 heterocycles. The summed E-state index contributed by atoms with van der Waals surface area (Å²) in [6.45, 7) is 15.2. The number of nitrogens with zero attached hydrogens (tertiary/aromatic N) is 3. The number of aliphatic hydroxyl groups excluding tert-OH is 1. The first-order valence-electron chi connectivity index (χ1n) is 12.9. The summed E-state index contributed by atoms with van der Waals surface area (Å²) in [4.78, 5) is 20.0. The van der Waals surface area contributed by atoms with Crippen molar-refractivity contribution in [3.8, 4) is 11.3 Å². The number of aromatic nitrogens is 2. The van der Waals surface area contributed by atoms with E-state index in [2.05, 4.69) is 18.4 Å². The second-order valence-electron chi connectivity index (χ2n) is 10.9. The molecule has 0 saturated carbocycles. The quantitative estimate of drug-likeness (QED) is 0.438. The second kappa shape index (κ2) is 11.5. The lowest BCUT2D eigenvalue weighted by Gasteiger charge is -2.44. The van der Waals surface area contributed by atoms with Gasteiger partial charge in [0.1, 0.15) is 17.5 Å². The third kappa shape index (κ3) is 6.09. The Morgan fingerprint density at radius 2 is 1.51 bits per heavy atom. The zero-order valence-corrected chi connectivity index (χ0v) is 22.9. The van der Waals surface area contributed by atoms with Gasteiger partial charge < -0.3 is 14.6 Å². The van der Waals surface area contributed by atoms with Crippen LogP contribution in [0.5, 0.6) is 0 Å². The number of rotatable bonds is 5. The number of imidazole rings is 1. The van der Waals surface area contributed by atoms with Gasteiger partial charge >= 0.3 is 0 Å². The van der Waals surface area contributed by atoms with E-state index < -0.39 is 11.5 Å². The average Bonchev–Trinajstić information content (AvgIpc) is 3.23.